The van der Waals surface area contributed by atoms with Crippen LogP contribution in [-0.2, 0) is 11.3 Å². The zero-order valence-corrected chi connectivity index (χ0v) is 7.46. The molecule has 1 rings (SSSR count). The predicted molar refractivity (Wildman–Crippen MR) is 40.5 cm³/mol. The highest BCUT2D eigenvalue weighted by Gasteiger charge is 2.03. The molecule has 0 aromatic carbocycles. The maximum Gasteiger partial charge on any atom is 0.345 e. The van der Waals surface area contributed by atoms with Crippen LogP contribution in [0.15, 0.2) is 16.9 Å². The Morgan fingerprint density at radius 3 is 2.92 bits per heavy atom. The van der Waals surface area contributed by atoms with Crippen molar-refractivity contribution in [3.05, 3.63) is 22.7 Å². The lowest BCUT2D eigenvalue weighted by atomic mass is 10.6. The lowest BCUT2D eigenvalue weighted by Crippen LogP contribution is -2.02. The zero-order valence-electron chi connectivity index (χ0n) is 5.88. The van der Waals surface area contributed by atoms with Crippen LogP contribution in [0.25, 0.3) is 0 Å². The number of hydrogen-bond donors (Lipinski definition) is 0. The van der Waals surface area contributed by atoms with Gasteiger partial charge in [0.15, 0.2) is 5.82 Å². The minimum Gasteiger partial charge on any atom is -0.315 e. The molecule has 3 nitrogen and oxygen atoms in total. The molecule has 1 heterocycles. The summed E-state index contributed by atoms with van der Waals surface area (Å²) in [5.41, 5.74) is 0. The Bertz CT molecular complexity index is 259. The number of alkyl halides is 2. The molecular formula is C6H5BrF2N2O. The molecule has 0 fully saturated rings. The van der Waals surface area contributed by atoms with Crippen molar-refractivity contribution in [2.75, 3.05) is 0 Å². The van der Waals surface area contributed by atoms with Gasteiger partial charge in [-0.2, -0.15) is 8.78 Å². The first-order valence-electron chi connectivity index (χ1n) is 3.05. The fourth-order valence-electron chi connectivity index (χ4n) is 0.581. The highest BCUT2D eigenvalue weighted by atomic mass is 79.9. The number of nitrogens with zero attached hydrogens (tertiary/aromatic N) is 2. The van der Waals surface area contributed by atoms with Crippen LogP contribution in [-0.4, -0.2) is 16.6 Å². The molecule has 0 amide bonds. The van der Waals surface area contributed by atoms with E-state index in [-0.39, 0.29) is 12.4 Å². The number of halogens is 3. The van der Waals surface area contributed by atoms with E-state index in [0.717, 1.165) is 0 Å². The molecular weight excluding hydrogens is 234 g/mol. The number of rotatable bonds is 3. The normalized spacial score (nSPS) is 10.7. The molecule has 1 aromatic rings. The summed E-state index contributed by atoms with van der Waals surface area (Å²) in [5.74, 6) is 0.227. The first kappa shape index (κ1) is 9.47. The minimum absolute atomic E-state index is 0.227. The van der Waals surface area contributed by atoms with E-state index in [4.69, 9.17) is 0 Å². The van der Waals surface area contributed by atoms with E-state index in [0.29, 0.717) is 4.60 Å². The third-order valence-electron chi connectivity index (χ3n) is 1.01. The molecule has 0 spiro atoms. The Labute approximate surface area is 75.9 Å². The fraction of sp³-hybridized carbons (Fsp3) is 0.333. The van der Waals surface area contributed by atoms with Gasteiger partial charge in [0.25, 0.3) is 0 Å². The van der Waals surface area contributed by atoms with Gasteiger partial charge in [0.2, 0.25) is 0 Å². The lowest BCUT2D eigenvalue weighted by molar-refractivity contribution is -0.138. The Morgan fingerprint density at radius 2 is 2.33 bits per heavy atom. The largest absolute Gasteiger partial charge is 0.345 e. The van der Waals surface area contributed by atoms with Crippen molar-refractivity contribution in [3.63, 3.8) is 0 Å². The van der Waals surface area contributed by atoms with Gasteiger partial charge in [-0.1, -0.05) is 0 Å². The molecule has 66 valence electrons. The van der Waals surface area contributed by atoms with Crippen molar-refractivity contribution in [1.82, 2.24) is 9.97 Å². The van der Waals surface area contributed by atoms with Gasteiger partial charge >= 0.3 is 6.61 Å². The van der Waals surface area contributed by atoms with Gasteiger partial charge in [-0.05, 0) is 22.0 Å². The third kappa shape index (κ3) is 3.19. The summed E-state index contributed by atoms with van der Waals surface area (Å²) in [6, 6.07) is 1.60. The van der Waals surface area contributed by atoms with E-state index < -0.39 is 6.61 Å². The van der Waals surface area contributed by atoms with Gasteiger partial charge in [-0.25, -0.2) is 9.97 Å². The molecule has 0 aliphatic heterocycles. The fourth-order valence-corrected chi connectivity index (χ4v) is 0.904. The Balaban J connectivity index is 2.52. The van der Waals surface area contributed by atoms with E-state index in [1.807, 2.05) is 0 Å². The average Bonchev–Trinajstić information content (AvgIpc) is 2.01. The molecule has 0 saturated carbocycles. The minimum atomic E-state index is -2.78. The van der Waals surface area contributed by atoms with Crippen LogP contribution in [0.1, 0.15) is 5.82 Å². The molecule has 0 N–H and O–H groups in total. The second-order valence-corrected chi connectivity index (χ2v) is 2.68. The molecule has 0 atom stereocenters. The molecule has 12 heavy (non-hydrogen) atoms. The summed E-state index contributed by atoms with van der Waals surface area (Å²) in [7, 11) is 0. The van der Waals surface area contributed by atoms with E-state index in [2.05, 4.69) is 30.6 Å². The quantitative estimate of drug-likeness (QED) is 0.756. The van der Waals surface area contributed by atoms with E-state index in [1.165, 1.54) is 6.20 Å². The van der Waals surface area contributed by atoms with Crippen LogP contribution < -0.4 is 0 Å². The van der Waals surface area contributed by atoms with Gasteiger partial charge in [0.1, 0.15) is 11.2 Å². The summed E-state index contributed by atoms with van der Waals surface area (Å²) in [6.07, 6.45) is 1.46. The molecule has 6 heteroatoms. The van der Waals surface area contributed by atoms with Gasteiger partial charge in [-0.3, -0.25) is 0 Å². The van der Waals surface area contributed by atoms with Gasteiger partial charge in [0.05, 0.1) is 0 Å². The van der Waals surface area contributed by atoms with Gasteiger partial charge < -0.3 is 4.74 Å². The van der Waals surface area contributed by atoms with Crippen molar-refractivity contribution in [1.29, 1.82) is 0 Å². The van der Waals surface area contributed by atoms with Crippen molar-refractivity contribution in [2.24, 2.45) is 0 Å². The van der Waals surface area contributed by atoms with E-state index in [9.17, 15) is 8.78 Å². The monoisotopic (exact) mass is 238 g/mol. The van der Waals surface area contributed by atoms with Gasteiger partial charge in [0, 0.05) is 6.20 Å². The first-order chi connectivity index (χ1) is 5.68. The van der Waals surface area contributed by atoms with E-state index >= 15 is 0 Å². The highest BCUT2D eigenvalue weighted by Crippen LogP contribution is 2.05. The van der Waals surface area contributed by atoms with Crippen LogP contribution in [0.2, 0.25) is 0 Å². The highest BCUT2D eigenvalue weighted by molar-refractivity contribution is 9.10. The van der Waals surface area contributed by atoms with Crippen molar-refractivity contribution >= 4 is 15.9 Å². The summed E-state index contributed by atoms with van der Waals surface area (Å²) >= 11 is 3.07. The maximum atomic E-state index is 11.5. The average molecular weight is 239 g/mol. The topological polar surface area (TPSA) is 35.0 Å². The number of aromatic nitrogens is 2. The molecule has 1 aromatic heterocycles. The van der Waals surface area contributed by atoms with Gasteiger partial charge in [-0.15, -0.1) is 0 Å². The Kier molecular flexibility index (Phi) is 3.48. The smallest absolute Gasteiger partial charge is 0.315 e. The molecule has 0 bridgehead atoms. The van der Waals surface area contributed by atoms with Crippen LogP contribution in [0.4, 0.5) is 8.78 Å². The van der Waals surface area contributed by atoms with Crippen LogP contribution in [0.3, 0.4) is 0 Å². The lowest BCUT2D eigenvalue weighted by Gasteiger charge is -2.00. The molecule has 0 radical (unpaired) electrons. The summed E-state index contributed by atoms with van der Waals surface area (Å²) < 4.78 is 27.6. The number of ether oxygens (including phenoxy) is 1. The third-order valence-corrected chi connectivity index (χ3v) is 1.45. The molecule has 0 saturated heterocycles. The number of hydrogen-bond acceptors (Lipinski definition) is 3. The summed E-state index contributed by atoms with van der Waals surface area (Å²) in [4.78, 5) is 7.50. The second kappa shape index (κ2) is 4.42. The van der Waals surface area contributed by atoms with Crippen LogP contribution in [0, 0.1) is 0 Å². The van der Waals surface area contributed by atoms with Crippen molar-refractivity contribution in [2.45, 2.75) is 13.2 Å². The standard InChI is InChI=1S/C6H5BrF2N2O/c7-4-1-2-10-5(11-4)3-12-6(8)9/h1-2,6H,3H2. The van der Waals surface area contributed by atoms with Crippen LogP contribution in [0.5, 0.6) is 0 Å². The first-order valence-corrected chi connectivity index (χ1v) is 3.85. The maximum absolute atomic E-state index is 11.5. The van der Waals surface area contributed by atoms with Crippen molar-refractivity contribution < 1.29 is 13.5 Å². The summed E-state index contributed by atoms with van der Waals surface area (Å²) in [5, 5.41) is 0. The molecule has 0 unspecified atom stereocenters. The second-order valence-electron chi connectivity index (χ2n) is 1.87. The van der Waals surface area contributed by atoms with Crippen molar-refractivity contribution in [3.8, 4) is 0 Å². The Hall–Kier alpha value is -0.620. The zero-order chi connectivity index (χ0) is 8.97. The Morgan fingerprint density at radius 1 is 1.58 bits per heavy atom. The van der Waals surface area contributed by atoms with Crippen LogP contribution >= 0.6 is 15.9 Å². The molecule has 0 aliphatic carbocycles. The molecule has 0 aliphatic rings. The SMILES string of the molecule is FC(F)OCc1nccc(Br)n1. The van der Waals surface area contributed by atoms with E-state index in [1.54, 1.807) is 6.07 Å². The summed E-state index contributed by atoms with van der Waals surface area (Å²) in [6.45, 7) is -3.07. The predicted octanol–water partition coefficient (Wildman–Crippen LogP) is 1.98.